The molecule has 0 amide bonds. The van der Waals surface area contributed by atoms with Crippen LogP contribution < -0.4 is 10.5 Å². The van der Waals surface area contributed by atoms with Gasteiger partial charge in [-0.25, -0.2) is 8.42 Å². The van der Waals surface area contributed by atoms with Gasteiger partial charge in [-0.15, -0.1) is 0 Å². The van der Waals surface area contributed by atoms with Crippen LogP contribution >= 0.6 is 27.5 Å². The molecule has 106 valence electrons. The molecule has 0 bridgehead atoms. The van der Waals surface area contributed by atoms with Crippen LogP contribution in [0.3, 0.4) is 0 Å². The van der Waals surface area contributed by atoms with E-state index in [4.69, 9.17) is 17.3 Å². The first kappa shape index (κ1) is 15.2. The van der Waals surface area contributed by atoms with Gasteiger partial charge in [-0.2, -0.15) is 0 Å². The number of anilines is 2. The van der Waals surface area contributed by atoms with E-state index in [-0.39, 0.29) is 15.6 Å². The first-order valence-corrected chi connectivity index (χ1v) is 8.29. The number of hydrogen-bond donors (Lipinski definition) is 2. The fraction of sp³-hybridized carbons (Fsp3) is 0.0769. The number of rotatable bonds is 3. The number of hydrogen-bond acceptors (Lipinski definition) is 3. The lowest BCUT2D eigenvalue weighted by Crippen LogP contribution is -2.16. The predicted molar refractivity (Wildman–Crippen MR) is 85.6 cm³/mol. The summed E-state index contributed by atoms with van der Waals surface area (Å²) < 4.78 is 28.2. The molecule has 4 nitrogen and oxygen atoms in total. The third-order valence-corrected chi connectivity index (χ3v) is 5.10. The normalized spacial score (nSPS) is 11.3. The third kappa shape index (κ3) is 3.08. The summed E-state index contributed by atoms with van der Waals surface area (Å²) in [6.07, 6.45) is 0. The summed E-state index contributed by atoms with van der Waals surface area (Å²) in [5.41, 5.74) is 7.09. The molecule has 7 heteroatoms. The summed E-state index contributed by atoms with van der Waals surface area (Å²) in [7, 11) is -3.83. The number of nitrogens with one attached hydrogen (secondary N) is 1. The van der Waals surface area contributed by atoms with Crippen molar-refractivity contribution in [3.8, 4) is 0 Å². The highest BCUT2D eigenvalue weighted by Gasteiger charge is 2.21. The first-order chi connectivity index (χ1) is 9.31. The Hall–Kier alpha value is -1.24. The van der Waals surface area contributed by atoms with E-state index in [9.17, 15) is 8.42 Å². The van der Waals surface area contributed by atoms with Crippen molar-refractivity contribution < 1.29 is 8.42 Å². The Morgan fingerprint density at radius 2 is 1.95 bits per heavy atom. The lowest BCUT2D eigenvalue weighted by Gasteiger charge is -2.13. The molecule has 0 aliphatic heterocycles. The lowest BCUT2D eigenvalue weighted by molar-refractivity contribution is 0.601. The van der Waals surface area contributed by atoms with Gasteiger partial charge in [0.25, 0.3) is 10.0 Å². The highest BCUT2D eigenvalue weighted by molar-refractivity contribution is 9.10. The van der Waals surface area contributed by atoms with Crippen LogP contribution in [0.15, 0.2) is 45.8 Å². The molecule has 2 aromatic carbocycles. The van der Waals surface area contributed by atoms with Gasteiger partial charge >= 0.3 is 0 Å². The molecule has 0 aliphatic carbocycles. The molecule has 0 radical (unpaired) electrons. The second-order valence-corrected chi connectivity index (χ2v) is 7.17. The standard InChI is InChI=1S/C13H12BrClN2O2S/c1-8-7-9(14)5-6-12(8)17-20(18,19)13-10(15)3-2-4-11(13)16/h2-7,17H,16H2,1H3. The summed E-state index contributed by atoms with van der Waals surface area (Å²) in [6.45, 7) is 1.80. The minimum Gasteiger partial charge on any atom is -0.398 e. The number of benzene rings is 2. The molecule has 0 aromatic heterocycles. The molecule has 0 fully saturated rings. The molecule has 0 saturated carbocycles. The molecule has 0 spiro atoms. The molecular weight excluding hydrogens is 364 g/mol. The number of nitrogen functional groups attached to an aromatic ring is 1. The maximum atomic E-state index is 12.4. The zero-order chi connectivity index (χ0) is 14.9. The zero-order valence-corrected chi connectivity index (χ0v) is 13.7. The molecule has 2 rings (SSSR count). The van der Waals surface area contributed by atoms with E-state index in [2.05, 4.69) is 20.7 Å². The highest BCUT2D eigenvalue weighted by Crippen LogP contribution is 2.30. The van der Waals surface area contributed by atoms with Crippen LogP contribution in [0.25, 0.3) is 0 Å². The predicted octanol–water partition coefficient (Wildman–Crippen LogP) is 3.79. The second-order valence-electron chi connectivity index (χ2n) is 4.22. The van der Waals surface area contributed by atoms with Gasteiger partial charge in [0, 0.05) is 4.47 Å². The van der Waals surface area contributed by atoms with Gasteiger partial charge in [-0.3, -0.25) is 4.72 Å². The van der Waals surface area contributed by atoms with Crippen LogP contribution in [0.2, 0.25) is 5.02 Å². The maximum Gasteiger partial charge on any atom is 0.265 e. The Kier molecular flexibility index (Phi) is 4.27. The minimum absolute atomic E-state index is 0.0901. The van der Waals surface area contributed by atoms with Crippen LogP contribution in [0.5, 0.6) is 0 Å². The summed E-state index contributed by atoms with van der Waals surface area (Å²) >= 11 is 9.26. The first-order valence-electron chi connectivity index (χ1n) is 5.64. The smallest absolute Gasteiger partial charge is 0.265 e. The van der Waals surface area contributed by atoms with Crippen LogP contribution in [-0.4, -0.2) is 8.42 Å². The van der Waals surface area contributed by atoms with E-state index >= 15 is 0 Å². The van der Waals surface area contributed by atoms with Crippen LogP contribution in [0, 0.1) is 6.92 Å². The summed E-state index contributed by atoms with van der Waals surface area (Å²) in [5, 5.41) is 0.0901. The van der Waals surface area contributed by atoms with Gasteiger partial charge in [0.2, 0.25) is 0 Å². The number of nitrogens with two attached hydrogens (primary N) is 1. The zero-order valence-electron chi connectivity index (χ0n) is 10.5. The van der Waals surface area contributed by atoms with Gasteiger partial charge in [-0.05, 0) is 42.8 Å². The maximum absolute atomic E-state index is 12.4. The van der Waals surface area contributed by atoms with Crippen molar-refractivity contribution >= 4 is 48.9 Å². The van der Waals surface area contributed by atoms with E-state index in [1.54, 1.807) is 25.1 Å². The third-order valence-electron chi connectivity index (χ3n) is 2.70. The number of sulfonamides is 1. The highest BCUT2D eigenvalue weighted by atomic mass is 79.9. The van der Waals surface area contributed by atoms with Crippen molar-refractivity contribution in [2.45, 2.75) is 11.8 Å². The molecule has 0 unspecified atom stereocenters. The largest absolute Gasteiger partial charge is 0.398 e. The monoisotopic (exact) mass is 374 g/mol. The molecule has 0 heterocycles. The second kappa shape index (κ2) is 5.63. The average Bonchev–Trinajstić information content (AvgIpc) is 2.32. The summed E-state index contributed by atoms with van der Waals surface area (Å²) in [6, 6.07) is 9.82. The Morgan fingerprint density at radius 3 is 2.55 bits per heavy atom. The molecule has 20 heavy (non-hydrogen) atoms. The van der Waals surface area contributed by atoms with Gasteiger partial charge in [0.1, 0.15) is 4.90 Å². The Labute approximate surface area is 131 Å². The number of aryl methyl sites for hydroxylation is 1. The van der Waals surface area contributed by atoms with Crippen molar-refractivity contribution in [1.82, 2.24) is 0 Å². The number of halogens is 2. The van der Waals surface area contributed by atoms with Crippen molar-refractivity contribution in [1.29, 1.82) is 0 Å². The topological polar surface area (TPSA) is 72.2 Å². The molecule has 2 aromatic rings. The summed E-state index contributed by atoms with van der Waals surface area (Å²) in [4.78, 5) is -0.107. The van der Waals surface area contributed by atoms with E-state index < -0.39 is 10.0 Å². The van der Waals surface area contributed by atoms with Gasteiger partial charge < -0.3 is 5.73 Å². The Bertz CT molecular complexity index is 743. The Morgan fingerprint density at radius 1 is 1.25 bits per heavy atom. The lowest BCUT2D eigenvalue weighted by atomic mass is 10.2. The average molecular weight is 376 g/mol. The minimum atomic E-state index is -3.83. The van der Waals surface area contributed by atoms with Crippen molar-refractivity contribution in [3.05, 3.63) is 51.5 Å². The fourth-order valence-electron chi connectivity index (χ4n) is 1.75. The molecule has 0 atom stereocenters. The van der Waals surface area contributed by atoms with E-state index in [0.717, 1.165) is 10.0 Å². The van der Waals surface area contributed by atoms with Gasteiger partial charge in [0.15, 0.2) is 0 Å². The fourth-order valence-corrected chi connectivity index (χ4v) is 4.03. The van der Waals surface area contributed by atoms with Crippen LogP contribution in [0.4, 0.5) is 11.4 Å². The Balaban J connectivity index is 2.46. The van der Waals surface area contributed by atoms with E-state index in [0.29, 0.717) is 5.69 Å². The van der Waals surface area contributed by atoms with E-state index in [1.165, 1.54) is 12.1 Å². The van der Waals surface area contributed by atoms with E-state index in [1.807, 2.05) is 6.07 Å². The van der Waals surface area contributed by atoms with Crippen molar-refractivity contribution in [3.63, 3.8) is 0 Å². The van der Waals surface area contributed by atoms with Crippen LogP contribution in [0.1, 0.15) is 5.56 Å². The molecular formula is C13H12BrClN2O2S. The van der Waals surface area contributed by atoms with Crippen molar-refractivity contribution in [2.24, 2.45) is 0 Å². The quantitative estimate of drug-likeness (QED) is 0.802. The SMILES string of the molecule is Cc1cc(Br)ccc1NS(=O)(=O)c1c(N)cccc1Cl. The van der Waals surface area contributed by atoms with Crippen molar-refractivity contribution in [2.75, 3.05) is 10.5 Å². The molecule has 3 N–H and O–H groups in total. The van der Waals surface area contributed by atoms with Gasteiger partial charge in [0.05, 0.1) is 16.4 Å². The molecule has 0 saturated heterocycles. The summed E-state index contributed by atoms with van der Waals surface area (Å²) in [5.74, 6) is 0. The molecule has 0 aliphatic rings. The van der Waals surface area contributed by atoms with Gasteiger partial charge in [-0.1, -0.05) is 33.6 Å². The van der Waals surface area contributed by atoms with Crippen LogP contribution in [-0.2, 0) is 10.0 Å².